The van der Waals surface area contributed by atoms with Gasteiger partial charge in [0.1, 0.15) is 5.82 Å². The van der Waals surface area contributed by atoms with Crippen molar-refractivity contribution in [2.75, 3.05) is 18.0 Å². The van der Waals surface area contributed by atoms with Gasteiger partial charge in [-0.25, -0.2) is 9.97 Å². The number of fused-ring (bicyclic) bond motifs is 1. The molecule has 0 aromatic carbocycles. The Labute approximate surface area is 143 Å². The van der Waals surface area contributed by atoms with Crippen LogP contribution in [0.4, 0.5) is 5.82 Å². The predicted molar refractivity (Wildman–Crippen MR) is 93.0 cm³/mol. The van der Waals surface area contributed by atoms with Crippen LogP contribution in [0.2, 0.25) is 0 Å². The van der Waals surface area contributed by atoms with Gasteiger partial charge >= 0.3 is 0 Å². The summed E-state index contributed by atoms with van der Waals surface area (Å²) in [6, 6.07) is 6.19. The summed E-state index contributed by atoms with van der Waals surface area (Å²) in [5.41, 5.74) is 1.72. The lowest BCUT2D eigenvalue weighted by Crippen LogP contribution is -2.48. The van der Waals surface area contributed by atoms with Crippen LogP contribution in [0.25, 0.3) is 22.4 Å². The van der Waals surface area contributed by atoms with Crippen molar-refractivity contribution in [2.45, 2.75) is 6.04 Å². The van der Waals surface area contributed by atoms with E-state index in [4.69, 9.17) is 4.98 Å². The standard InChI is InChI=1S/C17H16N8/c1-23-16-14(9-20-23)17(22-15(21-16)12-4-2-5-18-8-12)24-10-13(11-24)25-7-3-6-19-25/h2-9,13H,10-11H2,1H3. The molecule has 1 aliphatic rings. The van der Waals surface area contributed by atoms with Crippen LogP contribution >= 0.6 is 0 Å². The van der Waals surface area contributed by atoms with Crippen LogP contribution < -0.4 is 4.90 Å². The molecule has 0 saturated carbocycles. The third-order valence-electron chi connectivity index (χ3n) is 4.55. The number of hydrogen-bond acceptors (Lipinski definition) is 6. The number of aryl methyl sites for hydroxylation is 1. The summed E-state index contributed by atoms with van der Waals surface area (Å²) >= 11 is 0. The molecule has 0 N–H and O–H groups in total. The average molecular weight is 332 g/mol. The van der Waals surface area contributed by atoms with Crippen molar-refractivity contribution in [2.24, 2.45) is 7.05 Å². The second kappa shape index (κ2) is 5.37. The van der Waals surface area contributed by atoms with E-state index in [0.717, 1.165) is 35.5 Å². The number of rotatable bonds is 3. The summed E-state index contributed by atoms with van der Waals surface area (Å²) in [4.78, 5) is 15.9. The molecule has 0 aliphatic carbocycles. The zero-order chi connectivity index (χ0) is 16.8. The van der Waals surface area contributed by atoms with Gasteiger partial charge in [0.05, 0.1) is 17.6 Å². The van der Waals surface area contributed by atoms with Gasteiger partial charge < -0.3 is 4.90 Å². The van der Waals surface area contributed by atoms with Gasteiger partial charge in [0.25, 0.3) is 0 Å². The molecule has 1 fully saturated rings. The van der Waals surface area contributed by atoms with Crippen LogP contribution in [-0.4, -0.2) is 47.6 Å². The fourth-order valence-electron chi connectivity index (χ4n) is 3.16. The minimum atomic E-state index is 0.374. The van der Waals surface area contributed by atoms with Crippen LogP contribution in [0.5, 0.6) is 0 Å². The Hall–Kier alpha value is -3.29. The van der Waals surface area contributed by atoms with Crippen LogP contribution in [0.3, 0.4) is 0 Å². The molecule has 0 amide bonds. The Morgan fingerprint density at radius 3 is 2.72 bits per heavy atom. The largest absolute Gasteiger partial charge is 0.351 e. The molecule has 25 heavy (non-hydrogen) atoms. The van der Waals surface area contributed by atoms with Crippen molar-refractivity contribution in [1.82, 2.24) is 34.5 Å². The Morgan fingerprint density at radius 2 is 1.96 bits per heavy atom. The zero-order valence-corrected chi connectivity index (χ0v) is 13.7. The molecule has 124 valence electrons. The van der Waals surface area contributed by atoms with Gasteiger partial charge in [-0.1, -0.05) is 0 Å². The maximum atomic E-state index is 4.81. The number of hydrogen-bond donors (Lipinski definition) is 0. The van der Waals surface area contributed by atoms with Gasteiger partial charge in [-0.2, -0.15) is 10.2 Å². The Morgan fingerprint density at radius 1 is 1.04 bits per heavy atom. The van der Waals surface area contributed by atoms with E-state index in [9.17, 15) is 0 Å². The van der Waals surface area contributed by atoms with E-state index in [1.165, 1.54) is 0 Å². The third-order valence-corrected chi connectivity index (χ3v) is 4.55. The van der Waals surface area contributed by atoms with Crippen molar-refractivity contribution in [1.29, 1.82) is 0 Å². The molecule has 1 saturated heterocycles. The van der Waals surface area contributed by atoms with Gasteiger partial charge in [-0.15, -0.1) is 0 Å². The highest BCUT2D eigenvalue weighted by atomic mass is 15.4. The first kappa shape index (κ1) is 14.1. The molecule has 0 atom stereocenters. The van der Waals surface area contributed by atoms with Gasteiger partial charge in [0.2, 0.25) is 0 Å². The molecule has 4 aromatic heterocycles. The van der Waals surface area contributed by atoms with E-state index >= 15 is 0 Å². The third kappa shape index (κ3) is 2.25. The summed E-state index contributed by atoms with van der Waals surface area (Å²) in [5.74, 6) is 1.59. The maximum absolute atomic E-state index is 4.81. The molecule has 0 unspecified atom stereocenters. The van der Waals surface area contributed by atoms with E-state index in [2.05, 4.69) is 25.1 Å². The highest BCUT2D eigenvalue weighted by molar-refractivity contribution is 5.89. The predicted octanol–water partition coefficient (Wildman–Crippen LogP) is 1.68. The van der Waals surface area contributed by atoms with Gasteiger partial charge in [0, 0.05) is 50.5 Å². The molecule has 0 radical (unpaired) electrons. The highest BCUT2D eigenvalue weighted by Gasteiger charge is 2.31. The first-order chi connectivity index (χ1) is 12.3. The monoisotopic (exact) mass is 332 g/mol. The Balaban J connectivity index is 1.56. The molecule has 1 aliphatic heterocycles. The number of aromatic nitrogens is 7. The van der Waals surface area contributed by atoms with E-state index < -0.39 is 0 Å². The van der Waals surface area contributed by atoms with Crippen LogP contribution in [0, 0.1) is 0 Å². The van der Waals surface area contributed by atoms with Crippen LogP contribution in [0.15, 0.2) is 49.2 Å². The van der Waals surface area contributed by atoms with E-state index in [0.29, 0.717) is 11.9 Å². The maximum Gasteiger partial charge on any atom is 0.165 e. The first-order valence-corrected chi connectivity index (χ1v) is 8.14. The molecule has 4 aromatic rings. The molecular weight excluding hydrogens is 316 g/mol. The molecule has 0 bridgehead atoms. The van der Waals surface area contributed by atoms with Crippen LogP contribution in [0.1, 0.15) is 6.04 Å². The van der Waals surface area contributed by atoms with Crippen molar-refractivity contribution < 1.29 is 0 Å². The van der Waals surface area contributed by atoms with E-state index in [1.54, 1.807) is 17.1 Å². The molecule has 5 heterocycles. The minimum absolute atomic E-state index is 0.374. The minimum Gasteiger partial charge on any atom is -0.351 e. The quantitative estimate of drug-likeness (QED) is 0.568. The summed E-state index contributed by atoms with van der Waals surface area (Å²) in [6.07, 6.45) is 9.18. The number of pyridine rings is 1. The fourth-order valence-corrected chi connectivity index (χ4v) is 3.16. The van der Waals surface area contributed by atoms with Crippen molar-refractivity contribution >= 4 is 16.9 Å². The van der Waals surface area contributed by atoms with E-state index in [1.807, 2.05) is 48.5 Å². The topological polar surface area (TPSA) is 77.5 Å². The second-order valence-corrected chi connectivity index (χ2v) is 6.16. The highest BCUT2D eigenvalue weighted by Crippen LogP contribution is 2.32. The summed E-state index contributed by atoms with van der Waals surface area (Å²) in [7, 11) is 1.90. The molecule has 5 rings (SSSR count). The van der Waals surface area contributed by atoms with Gasteiger partial charge in [0.15, 0.2) is 11.5 Å². The lowest BCUT2D eigenvalue weighted by molar-refractivity contribution is 0.366. The number of nitrogens with zero attached hydrogens (tertiary/aromatic N) is 8. The van der Waals surface area contributed by atoms with E-state index in [-0.39, 0.29) is 0 Å². The molecule has 8 heteroatoms. The lowest BCUT2D eigenvalue weighted by Gasteiger charge is -2.40. The summed E-state index contributed by atoms with van der Waals surface area (Å²) in [6.45, 7) is 1.74. The SMILES string of the molecule is Cn1ncc2c(N3CC(n4cccn4)C3)nc(-c3cccnc3)nc21. The smallest absolute Gasteiger partial charge is 0.165 e. The molecule has 0 spiro atoms. The first-order valence-electron chi connectivity index (χ1n) is 8.14. The van der Waals surface area contributed by atoms with Crippen molar-refractivity contribution in [3.05, 3.63) is 49.2 Å². The van der Waals surface area contributed by atoms with Crippen molar-refractivity contribution in [3.63, 3.8) is 0 Å². The van der Waals surface area contributed by atoms with Crippen molar-refractivity contribution in [3.8, 4) is 11.4 Å². The normalized spacial score (nSPS) is 14.8. The Kier molecular flexibility index (Phi) is 3.03. The average Bonchev–Trinajstić information content (AvgIpc) is 3.25. The lowest BCUT2D eigenvalue weighted by atomic mass is 10.1. The molecule has 8 nitrogen and oxygen atoms in total. The second-order valence-electron chi connectivity index (χ2n) is 6.16. The molecular formula is C17H16N8. The summed E-state index contributed by atoms with van der Waals surface area (Å²) < 4.78 is 3.78. The van der Waals surface area contributed by atoms with Gasteiger partial charge in [-0.05, 0) is 18.2 Å². The number of anilines is 1. The van der Waals surface area contributed by atoms with Gasteiger partial charge in [-0.3, -0.25) is 14.3 Å². The van der Waals surface area contributed by atoms with Crippen LogP contribution in [-0.2, 0) is 7.05 Å². The Bertz CT molecular complexity index is 1020. The fraction of sp³-hybridized carbons (Fsp3) is 0.235. The zero-order valence-electron chi connectivity index (χ0n) is 13.7. The summed E-state index contributed by atoms with van der Waals surface area (Å²) in [5, 5.41) is 9.65.